The number of carboxylic acid groups (broad SMARTS) is 2. The van der Waals surface area contributed by atoms with Crippen molar-refractivity contribution in [2.75, 3.05) is 39.3 Å². The molecule has 2 rings (SSSR count). The number of aliphatic imine (C=N–C) groups is 2. The molecule has 0 aromatic heterocycles. The SMILES string of the molecule is C[C@@H](O)[C@H](NC(=O)[C@@H]1CCCN1C(=O)[C@@H]1CCCN1)C(=O)NCC(=O)N[C@@H](CCC(=O)O)C(=O)N[C@@H](CCCN=C(N)N)C(=O)N[C@@H](CCCN=C(N)N)C(=O)N[C@@H](CO)C(=O)O. The largest absolute Gasteiger partial charge is 0.481 e. The zero-order valence-electron chi connectivity index (χ0n) is 35.0. The Bertz CT molecular complexity index is 1680. The van der Waals surface area contributed by atoms with Crippen molar-refractivity contribution < 1.29 is 63.6 Å². The number of rotatable bonds is 27. The van der Waals surface area contributed by atoms with Gasteiger partial charge in [0.25, 0.3) is 0 Å². The van der Waals surface area contributed by atoms with Gasteiger partial charge in [-0.15, -0.1) is 0 Å². The maximum atomic E-state index is 13.7. The van der Waals surface area contributed by atoms with Crippen LogP contribution in [0.3, 0.4) is 0 Å². The van der Waals surface area contributed by atoms with E-state index in [1.54, 1.807) is 0 Å². The molecule has 0 saturated carbocycles. The number of aliphatic carboxylic acids is 2. The Labute approximate surface area is 362 Å². The van der Waals surface area contributed by atoms with E-state index in [0.29, 0.717) is 32.4 Å². The number of carboxylic acids is 2. The molecule has 0 spiro atoms. The highest BCUT2D eigenvalue weighted by Gasteiger charge is 2.40. The summed E-state index contributed by atoms with van der Waals surface area (Å²) in [4.78, 5) is 125. The molecule has 8 atom stereocenters. The maximum Gasteiger partial charge on any atom is 0.328 e. The van der Waals surface area contributed by atoms with Gasteiger partial charge in [0.05, 0.1) is 25.3 Å². The summed E-state index contributed by atoms with van der Waals surface area (Å²) in [6.45, 7) is 0.406. The number of nitrogens with two attached hydrogens (primary N) is 4. The fraction of sp³-hybridized carbons (Fsp3) is 0.694. The summed E-state index contributed by atoms with van der Waals surface area (Å²) in [5, 5.41) is 55.6. The minimum absolute atomic E-state index is 0.00254. The molecule has 27 heteroatoms. The number of aliphatic hydroxyl groups is 2. The van der Waals surface area contributed by atoms with Gasteiger partial charge in [0.15, 0.2) is 11.9 Å². The average molecular weight is 899 g/mol. The van der Waals surface area contributed by atoms with Gasteiger partial charge in [-0.2, -0.15) is 0 Å². The van der Waals surface area contributed by atoms with Crippen LogP contribution in [0.5, 0.6) is 0 Å². The molecule has 63 heavy (non-hydrogen) atoms. The second kappa shape index (κ2) is 26.9. The zero-order valence-corrected chi connectivity index (χ0v) is 35.0. The Balaban J connectivity index is 2.21. The number of nitrogens with zero attached hydrogens (tertiary/aromatic N) is 3. The number of nitrogens with one attached hydrogen (secondary N) is 7. The highest BCUT2D eigenvalue weighted by atomic mass is 16.4. The van der Waals surface area contributed by atoms with Crippen LogP contribution in [0, 0.1) is 0 Å². The predicted molar refractivity (Wildman–Crippen MR) is 222 cm³/mol. The van der Waals surface area contributed by atoms with Crippen LogP contribution < -0.4 is 60.2 Å². The first-order valence-corrected chi connectivity index (χ1v) is 20.4. The molecule has 354 valence electrons. The van der Waals surface area contributed by atoms with E-state index in [9.17, 15) is 63.6 Å². The Hall–Kier alpha value is -6.35. The van der Waals surface area contributed by atoms with Crippen LogP contribution in [-0.2, 0) is 43.2 Å². The van der Waals surface area contributed by atoms with Gasteiger partial charge < -0.3 is 85.5 Å². The van der Waals surface area contributed by atoms with E-state index in [0.717, 1.165) is 6.42 Å². The van der Waals surface area contributed by atoms with Crippen molar-refractivity contribution in [3.63, 3.8) is 0 Å². The third kappa shape index (κ3) is 18.7. The molecule has 0 radical (unpaired) electrons. The number of guanidine groups is 2. The maximum absolute atomic E-state index is 13.7. The number of likely N-dealkylation sites (tertiary alicyclic amines) is 1. The van der Waals surface area contributed by atoms with E-state index in [1.807, 2.05) is 0 Å². The first kappa shape index (κ1) is 52.8. The lowest BCUT2D eigenvalue weighted by atomic mass is 10.1. The van der Waals surface area contributed by atoms with Gasteiger partial charge in [0.2, 0.25) is 41.4 Å². The normalized spacial score (nSPS) is 18.5. The first-order chi connectivity index (χ1) is 29.7. The Morgan fingerprint density at radius 2 is 1.27 bits per heavy atom. The number of hydrogen-bond acceptors (Lipinski definition) is 14. The van der Waals surface area contributed by atoms with Crippen molar-refractivity contribution in [2.45, 2.75) is 120 Å². The quantitative estimate of drug-likeness (QED) is 0.0207. The third-order valence-corrected chi connectivity index (χ3v) is 9.94. The molecule has 0 unspecified atom stereocenters. The minimum atomic E-state index is -1.73. The van der Waals surface area contributed by atoms with Gasteiger partial charge in [-0.3, -0.25) is 48.3 Å². The summed E-state index contributed by atoms with van der Waals surface area (Å²) < 4.78 is 0. The van der Waals surface area contributed by atoms with Crippen molar-refractivity contribution in [1.29, 1.82) is 0 Å². The van der Waals surface area contributed by atoms with Crippen LogP contribution in [0.4, 0.5) is 0 Å². The highest BCUT2D eigenvalue weighted by Crippen LogP contribution is 2.21. The number of amides is 7. The molecular weight excluding hydrogens is 836 g/mol. The zero-order chi connectivity index (χ0) is 47.2. The summed E-state index contributed by atoms with van der Waals surface area (Å²) >= 11 is 0. The van der Waals surface area contributed by atoms with E-state index < -0.39 is 122 Å². The molecule has 19 N–H and O–H groups in total. The smallest absolute Gasteiger partial charge is 0.328 e. The number of carbonyl (C=O) groups excluding carboxylic acids is 7. The van der Waals surface area contributed by atoms with Crippen LogP contribution in [-0.4, -0.2) is 178 Å². The van der Waals surface area contributed by atoms with Crippen LogP contribution in [0.1, 0.15) is 71.1 Å². The summed E-state index contributed by atoms with van der Waals surface area (Å²) in [7, 11) is 0. The Morgan fingerprint density at radius 3 is 1.73 bits per heavy atom. The van der Waals surface area contributed by atoms with Gasteiger partial charge in [-0.25, -0.2) is 4.79 Å². The van der Waals surface area contributed by atoms with Gasteiger partial charge in [0.1, 0.15) is 36.3 Å². The predicted octanol–water partition coefficient (Wildman–Crippen LogP) is -7.30. The van der Waals surface area contributed by atoms with E-state index in [2.05, 4.69) is 47.2 Å². The molecule has 0 aromatic rings. The van der Waals surface area contributed by atoms with Crippen LogP contribution in [0.25, 0.3) is 0 Å². The summed E-state index contributed by atoms with van der Waals surface area (Å²) in [5.74, 6) is -9.42. The first-order valence-electron chi connectivity index (χ1n) is 20.4. The summed E-state index contributed by atoms with van der Waals surface area (Å²) in [6.07, 6.45) is -0.486. The monoisotopic (exact) mass is 898 g/mol. The van der Waals surface area contributed by atoms with E-state index in [1.165, 1.54) is 11.8 Å². The van der Waals surface area contributed by atoms with Crippen LogP contribution >= 0.6 is 0 Å². The lowest BCUT2D eigenvalue weighted by Gasteiger charge is -2.29. The number of carbonyl (C=O) groups is 9. The topological polar surface area (TPSA) is 451 Å². The molecule has 2 aliphatic heterocycles. The molecule has 0 bridgehead atoms. The van der Waals surface area contributed by atoms with Gasteiger partial charge >= 0.3 is 11.9 Å². The molecule has 2 aliphatic rings. The van der Waals surface area contributed by atoms with Crippen LogP contribution in [0.15, 0.2) is 9.98 Å². The molecule has 7 amide bonds. The van der Waals surface area contributed by atoms with Crippen molar-refractivity contribution in [3.8, 4) is 0 Å². The lowest BCUT2D eigenvalue weighted by molar-refractivity contribution is -0.143. The second-order valence-electron chi connectivity index (χ2n) is 14.9. The Morgan fingerprint density at radius 1 is 0.730 bits per heavy atom. The van der Waals surface area contributed by atoms with Crippen molar-refractivity contribution in [1.82, 2.24) is 42.1 Å². The van der Waals surface area contributed by atoms with Crippen LogP contribution in [0.2, 0.25) is 0 Å². The van der Waals surface area contributed by atoms with Crippen molar-refractivity contribution in [3.05, 3.63) is 0 Å². The molecule has 0 aromatic carbocycles. The number of hydrogen-bond donors (Lipinski definition) is 15. The standard InChI is InChI=1S/C36H62N14O13/c1-18(52)27(49-31(59)24-9-5-15-50(24)33(61)22-8-4-12-41-22)32(60)44-16-25(53)45-21(10-11-26(54)55)30(58)47-19(6-2-13-42-35(37)38)28(56)46-20(7-3-14-43-36(39)40)29(57)48-23(17-51)34(62)63/h18-24,27,41,51-52H,2-17H2,1H3,(H,44,60)(H,45,53)(H,46,56)(H,47,58)(H,48,57)(H,49,59)(H,54,55)(H,62,63)(H4,37,38,42)(H4,39,40,43)/t18-,19+,20+,21+,22+,23+,24+,27+/m1/s1. The molecule has 2 heterocycles. The van der Waals surface area contributed by atoms with Gasteiger partial charge in [-0.1, -0.05) is 0 Å². The highest BCUT2D eigenvalue weighted by molar-refractivity contribution is 5.97. The van der Waals surface area contributed by atoms with Crippen molar-refractivity contribution in [2.24, 2.45) is 32.9 Å². The summed E-state index contributed by atoms with van der Waals surface area (Å²) in [5.41, 5.74) is 21.5. The second-order valence-corrected chi connectivity index (χ2v) is 14.9. The average Bonchev–Trinajstić information content (AvgIpc) is 3.95. The third-order valence-electron chi connectivity index (χ3n) is 9.94. The minimum Gasteiger partial charge on any atom is -0.481 e. The van der Waals surface area contributed by atoms with E-state index >= 15 is 0 Å². The molecule has 2 fully saturated rings. The fourth-order valence-electron chi connectivity index (χ4n) is 6.66. The lowest BCUT2D eigenvalue weighted by Crippen LogP contribution is -2.59. The Kier molecular flexibility index (Phi) is 22.5. The molecule has 2 saturated heterocycles. The van der Waals surface area contributed by atoms with E-state index in [4.69, 9.17) is 22.9 Å². The van der Waals surface area contributed by atoms with Crippen molar-refractivity contribution >= 4 is 65.2 Å². The number of aliphatic hydroxyl groups excluding tert-OH is 2. The molecule has 0 aliphatic carbocycles. The van der Waals surface area contributed by atoms with E-state index in [-0.39, 0.29) is 56.6 Å². The van der Waals surface area contributed by atoms with Gasteiger partial charge in [-0.05, 0) is 71.3 Å². The molecular formula is C36H62N14O13. The fourth-order valence-corrected chi connectivity index (χ4v) is 6.66. The molecule has 27 nitrogen and oxygen atoms in total. The van der Waals surface area contributed by atoms with Gasteiger partial charge in [0, 0.05) is 26.1 Å². The summed E-state index contributed by atoms with van der Waals surface area (Å²) in [6, 6.07) is -9.18.